The van der Waals surface area contributed by atoms with Crippen LogP contribution in [0.25, 0.3) is 11.1 Å². The number of hydrogen-bond acceptors (Lipinski definition) is 1. The highest BCUT2D eigenvalue weighted by Gasteiger charge is 2.21. The minimum atomic E-state index is 0.215. The van der Waals surface area contributed by atoms with Crippen LogP contribution in [0.5, 0.6) is 0 Å². The fourth-order valence-electron chi connectivity index (χ4n) is 2.74. The molecule has 0 bridgehead atoms. The predicted octanol–water partition coefficient (Wildman–Crippen LogP) is 3.35. The predicted molar refractivity (Wildman–Crippen MR) is 70.2 cm³/mol. The second kappa shape index (κ2) is 4.01. The van der Waals surface area contributed by atoms with Gasteiger partial charge in [0.05, 0.1) is 0 Å². The molecule has 2 aromatic carbocycles. The minimum absolute atomic E-state index is 0.215. The molecule has 0 aromatic heterocycles. The van der Waals surface area contributed by atoms with Crippen molar-refractivity contribution in [1.82, 2.24) is 0 Å². The van der Waals surface area contributed by atoms with E-state index in [1.165, 1.54) is 27.8 Å². The maximum Gasteiger partial charge on any atom is 0.0497 e. The van der Waals surface area contributed by atoms with Crippen LogP contribution in [-0.4, -0.2) is 11.7 Å². The van der Waals surface area contributed by atoms with Gasteiger partial charge in [0.2, 0.25) is 0 Å². The van der Waals surface area contributed by atoms with Gasteiger partial charge < -0.3 is 5.11 Å². The summed E-state index contributed by atoms with van der Waals surface area (Å²) in [5.74, 6) is 0.222. The first-order chi connectivity index (χ1) is 8.31. The first kappa shape index (κ1) is 10.5. The number of fused-ring (bicyclic) bond motifs is 3. The third-order valence-electron chi connectivity index (χ3n) is 3.69. The average Bonchev–Trinajstić information content (AvgIpc) is 2.76. The van der Waals surface area contributed by atoms with Gasteiger partial charge in [0.15, 0.2) is 0 Å². The molecule has 86 valence electrons. The lowest BCUT2D eigenvalue weighted by molar-refractivity contribution is 0.272. The van der Waals surface area contributed by atoms with E-state index in [0.717, 1.165) is 6.42 Å². The topological polar surface area (TPSA) is 20.2 Å². The lowest BCUT2D eigenvalue weighted by Gasteiger charge is -2.13. The largest absolute Gasteiger partial charge is 0.396 e. The summed E-state index contributed by atoms with van der Waals surface area (Å²) >= 11 is 0. The van der Waals surface area contributed by atoms with Gasteiger partial charge in [-0.3, -0.25) is 0 Å². The second-order valence-corrected chi connectivity index (χ2v) is 4.79. The van der Waals surface area contributed by atoms with Crippen molar-refractivity contribution in [3.05, 3.63) is 59.2 Å². The maximum atomic E-state index is 9.34. The van der Waals surface area contributed by atoms with Crippen molar-refractivity contribution in [1.29, 1.82) is 0 Å². The third-order valence-corrected chi connectivity index (χ3v) is 3.69. The van der Waals surface area contributed by atoms with Gasteiger partial charge in [-0.2, -0.15) is 0 Å². The molecule has 0 aliphatic heterocycles. The molecule has 0 fully saturated rings. The Bertz CT molecular complexity index is 557. The number of hydrogen-bond donors (Lipinski definition) is 1. The van der Waals surface area contributed by atoms with E-state index in [9.17, 15) is 5.11 Å². The van der Waals surface area contributed by atoms with Gasteiger partial charge in [-0.1, -0.05) is 49.4 Å². The molecule has 1 aliphatic rings. The zero-order valence-electron chi connectivity index (χ0n) is 9.98. The Morgan fingerprint density at radius 1 is 1.06 bits per heavy atom. The number of benzene rings is 2. The average molecular weight is 224 g/mol. The zero-order chi connectivity index (χ0) is 11.8. The molecule has 0 saturated carbocycles. The van der Waals surface area contributed by atoms with E-state index < -0.39 is 0 Å². The van der Waals surface area contributed by atoms with Crippen LogP contribution in [0.1, 0.15) is 29.5 Å². The number of aliphatic hydroxyl groups is 1. The monoisotopic (exact) mass is 224 g/mol. The highest BCUT2D eigenvalue weighted by atomic mass is 16.3. The van der Waals surface area contributed by atoms with Gasteiger partial charge in [0.25, 0.3) is 0 Å². The van der Waals surface area contributed by atoms with Crippen LogP contribution < -0.4 is 0 Å². The SMILES string of the molecule is CC(CO)c1cccc2c1Cc1ccccc1-2. The van der Waals surface area contributed by atoms with Gasteiger partial charge in [-0.15, -0.1) is 0 Å². The van der Waals surface area contributed by atoms with E-state index >= 15 is 0 Å². The van der Waals surface area contributed by atoms with Gasteiger partial charge in [-0.05, 0) is 34.2 Å². The number of aliphatic hydroxyl groups excluding tert-OH is 1. The molecular weight excluding hydrogens is 208 g/mol. The molecule has 1 unspecified atom stereocenters. The molecule has 1 aliphatic carbocycles. The standard InChI is InChI=1S/C16H16O/c1-11(10-17)13-7-4-8-15-14-6-3-2-5-12(14)9-16(13)15/h2-8,11,17H,9-10H2,1H3. The lowest BCUT2D eigenvalue weighted by Crippen LogP contribution is -2.02. The summed E-state index contributed by atoms with van der Waals surface area (Å²) in [7, 11) is 0. The molecule has 1 heteroatoms. The van der Waals surface area contributed by atoms with Gasteiger partial charge in [0.1, 0.15) is 0 Å². The van der Waals surface area contributed by atoms with Crippen LogP contribution in [0.3, 0.4) is 0 Å². The van der Waals surface area contributed by atoms with Gasteiger partial charge in [0, 0.05) is 12.5 Å². The number of rotatable bonds is 2. The van der Waals surface area contributed by atoms with Crippen LogP contribution in [0.4, 0.5) is 0 Å². The van der Waals surface area contributed by atoms with E-state index in [1.807, 2.05) is 0 Å². The molecule has 17 heavy (non-hydrogen) atoms. The van der Waals surface area contributed by atoms with Crippen molar-refractivity contribution in [2.75, 3.05) is 6.61 Å². The summed E-state index contributed by atoms with van der Waals surface area (Å²) in [6, 6.07) is 15.0. The van der Waals surface area contributed by atoms with Crippen molar-refractivity contribution in [2.24, 2.45) is 0 Å². The molecule has 0 spiro atoms. The fourth-order valence-corrected chi connectivity index (χ4v) is 2.74. The van der Waals surface area contributed by atoms with E-state index in [2.05, 4.69) is 49.4 Å². The summed E-state index contributed by atoms with van der Waals surface area (Å²) < 4.78 is 0. The highest BCUT2D eigenvalue weighted by Crippen LogP contribution is 2.39. The van der Waals surface area contributed by atoms with Gasteiger partial charge >= 0.3 is 0 Å². The Morgan fingerprint density at radius 3 is 2.65 bits per heavy atom. The first-order valence-electron chi connectivity index (χ1n) is 6.12. The molecule has 3 rings (SSSR count). The summed E-state index contributed by atoms with van der Waals surface area (Å²) in [6.45, 7) is 2.30. The Kier molecular flexibility index (Phi) is 2.49. The zero-order valence-corrected chi connectivity index (χ0v) is 9.98. The Balaban J connectivity index is 2.17. The summed E-state index contributed by atoms with van der Waals surface area (Å²) in [5.41, 5.74) is 6.80. The van der Waals surface area contributed by atoms with Crippen LogP contribution in [0, 0.1) is 0 Å². The van der Waals surface area contributed by atoms with Crippen molar-refractivity contribution in [2.45, 2.75) is 19.3 Å². The third kappa shape index (κ3) is 1.58. The second-order valence-electron chi connectivity index (χ2n) is 4.79. The molecule has 0 amide bonds. The fraction of sp³-hybridized carbons (Fsp3) is 0.250. The molecule has 1 atom stereocenters. The molecule has 1 N–H and O–H groups in total. The van der Waals surface area contributed by atoms with E-state index in [4.69, 9.17) is 0 Å². The molecule has 1 nitrogen and oxygen atoms in total. The summed E-state index contributed by atoms with van der Waals surface area (Å²) in [5, 5.41) is 9.34. The Hall–Kier alpha value is -1.60. The quantitative estimate of drug-likeness (QED) is 0.707. The van der Waals surface area contributed by atoms with E-state index in [0.29, 0.717) is 0 Å². The first-order valence-corrected chi connectivity index (χ1v) is 6.12. The van der Waals surface area contributed by atoms with Crippen molar-refractivity contribution < 1.29 is 5.11 Å². The van der Waals surface area contributed by atoms with Crippen molar-refractivity contribution >= 4 is 0 Å². The Morgan fingerprint density at radius 2 is 1.82 bits per heavy atom. The lowest BCUT2D eigenvalue weighted by atomic mass is 9.93. The maximum absolute atomic E-state index is 9.34. The molecule has 0 heterocycles. The van der Waals surface area contributed by atoms with Gasteiger partial charge in [-0.25, -0.2) is 0 Å². The molecule has 2 aromatic rings. The van der Waals surface area contributed by atoms with Crippen LogP contribution in [-0.2, 0) is 6.42 Å². The summed E-state index contributed by atoms with van der Waals surface area (Å²) in [4.78, 5) is 0. The molecule has 0 saturated heterocycles. The summed E-state index contributed by atoms with van der Waals surface area (Å²) in [6.07, 6.45) is 1.01. The van der Waals surface area contributed by atoms with E-state index in [-0.39, 0.29) is 12.5 Å². The highest BCUT2D eigenvalue weighted by molar-refractivity contribution is 5.78. The molecular formula is C16H16O. The molecule has 0 radical (unpaired) electrons. The van der Waals surface area contributed by atoms with Crippen molar-refractivity contribution in [3.8, 4) is 11.1 Å². The normalized spacial score (nSPS) is 14.2. The van der Waals surface area contributed by atoms with E-state index in [1.54, 1.807) is 0 Å². The minimum Gasteiger partial charge on any atom is -0.396 e. The van der Waals surface area contributed by atoms with Crippen LogP contribution in [0.15, 0.2) is 42.5 Å². The van der Waals surface area contributed by atoms with Crippen LogP contribution in [0.2, 0.25) is 0 Å². The van der Waals surface area contributed by atoms with Crippen molar-refractivity contribution in [3.63, 3.8) is 0 Å². The smallest absolute Gasteiger partial charge is 0.0497 e. The Labute approximate surface area is 102 Å². The van der Waals surface area contributed by atoms with Crippen LogP contribution >= 0.6 is 0 Å².